The molecule has 0 aliphatic carbocycles. The van der Waals surface area contributed by atoms with Gasteiger partial charge in [0.25, 0.3) is 0 Å². The van der Waals surface area contributed by atoms with Crippen LogP contribution in [0.1, 0.15) is 24.2 Å². The van der Waals surface area contributed by atoms with E-state index in [0.717, 1.165) is 12.8 Å². The lowest BCUT2D eigenvalue weighted by molar-refractivity contribution is 0.395. The molecule has 0 saturated carbocycles. The minimum atomic E-state index is -3.50. The van der Waals surface area contributed by atoms with E-state index in [4.69, 9.17) is 5.73 Å². The molecule has 96 valence electrons. The van der Waals surface area contributed by atoms with Crippen molar-refractivity contribution in [3.05, 3.63) is 11.4 Å². The molecule has 0 radical (unpaired) electrons. The number of aryl methyl sites for hydroxylation is 2. The van der Waals surface area contributed by atoms with E-state index in [9.17, 15) is 8.42 Å². The highest BCUT2D eigenvalue weighted by atomic mass is 32.2. The molecule has 0 bridgehead atoms. The van der Waals surface area contributed by atoms with Gasteiger partial charge in [-0.15, -0.1) is 0 Å². The van der Waals surface area contributed by atoms with Crippen LogP contribution >= 0.6 is 0 Å². The van der Waals surface area contributed by atoms with Gasteiger partial charge in [-0.1, -0.05) is 0 Å². The summed E-state index contributed by atoms with van der Waals surface area (Å²) in [6, 6.07) is 0. The summed E-state index contributed by atoms with van der Waals surface area (Å²) in [5.74, 6) is 0. The fourth-order valence-electron chi connectivity index (χ4n) is 2.31. The zero-order valence-corrected chi connectivity index (χ0v) is 11.2. The predicted molar refractivity (Wildman–Crippen MR) is 63.8 cm³/mol. The Balaban J connectivity index is 2.52. The summed E-state index contributed by atoms with van der Waals surface area (Å²) in [7, 11) is -1.76. The summed E-state index contributed by atoms with van der Waals surface area (Å²) in [6.45, 7) is 3.97. The molecule has 1 fully saturated rings. The molecule has 1 saturated heterocycles. The second kappa shape index (κ2) is 4.08. The van der Waals surface area contributed by atoms with Crippen molar-refractivity contribution in [2.75, 3.05) is 6.54 Å². The Morgan fingerprint density at radius 2 is 2.06 bits per heavy atom. The molecular weight excluding hydrogens is 240 g/mol. The zero-order valence-electron chi connectivity index (χ0n) is 10.3. The third-order valence-electron chi connectivity index (χ3n) is 3.26. The number of nitrogens with two attached hydrogens (primary N) is 1. The molecule has 1 atom stereocenters. The van der Waals surface area contributed by atoms with Crippen LogP contribution in [0.5, 0.6) is 0 Å². The summed E-state index contributed by atoms with van der Waals surface area (Å²) < 4.78 is 28.0. The third-order valence-corrected chi connectivity index (χ3v) is 5.44. The molecule has 1 unspecified atom stereocenters. The van der Waals surface area contributed by atoms with Gasteiger partial charge in [0, 0.05) is 13.6 Å². The highest BCUT2D eigenvalue weighted by Crippen LogP contribution is 2.27. The Morgan fingerprint density at radius 1 is 1.41 bits per heavy atom. The second-order valence-corrected chi connectivity index (χ2v) is 6.28. The molecule has 0 aromatic carbocycles. The maximum atomic E-state index is 12.5. The summed E-state index contributed by atoms with van der Waals surface area (Å²) >= 11 is 0. The molecule has 2 rings (SSSR count). The van der Waals surface area contributed by atoms with Gasteiger partial charge in [0.15, 0.2) is 0 Å². The standard InChI is InChI=1S/C10H18N4O2S/c1-7-10(8(2)13(3)12-7)17(15,16)14-6-4-5-9(14)11/h9H,4-6,11H2,1-3H3. The van der Waals surface area contributed by atoms with Gasteiger partial charge >= 0.3 is 0 Å². The molecular formula is C10H18N4O2S. The number of sulfonamides is 1. The van der Waals surface area contributed by atoms with Gasteiger partial charge in [0.1, 0.15) is 4.90 Å². The highest BCUT2D eigenvalue weighted by Gasteiger charge is 2.36. The van der Waals surface area contributed by atoms with Crippen molar-refractivity contribution in [1.82, 2.24) is 14.1 Å². The minimum Gasteiger partial charge on any atom is -0.315 e. The Labute approximate surface area is 101 Å². The normalized spacial score (nSPS) is 22.2. The van der Waals surface area contributed by atoms with Gasteiger partial charge in [-0.2, -0.15) is 9.40 Å². The summed E-state index contributed by atoms with van der Waals surface area (Å²) in [6.07, 6.45) is 1.13. The first-order valence-electron chi connectivity index (χ1n) is 5.63. The summed E-state index contributed by atoms with van der Waals surface area (Å²) in [5, 5.41) is 4.14. The van der Waals surface area contributed by atoms with E-state index in [1.807, 2.05) is 0 Å². The van der Waals surface area contributed by atoms with Crippen molar-refractivity contribution in [3.63, 3.8) is 0 Å². The molecule has 0 spiro atoms. The molecule has 7 heteroatoms. The van der Waals surface area contributed by atoms with Gasteiger partial charge in [-0.05, 0) is 26.7 Å². The van der Waals surface area contributed by atoms with Crippen LogP contribution in [0, 0.1) is 13.8 Å². The minimum absolute atomic E-state index is 0.303. The van der Waals surface area contributed by atoms with Crippen LogP contribution in [0.15, 0.2) is 4.90 Å². The third kappa shape index (κ3) is 1.88. The molecule has 2 N–H and O–H groups in total. The fraction of sp³-hybridized carbons (Fsp3) is 0.700. The second-order valence-electron chi connectivity index (χ2n) is 4.45. The number of rotatable bonds is 2. The SMILES string of the molecule is Cc1nn(C)c(C)c1S(=O)(=O)N1CCCC1N. The Morgan fingerprint density at radius 3 is 2.47 bits per heavy atom. The fourth-order valence-corrected chi connectivity index (χ4v) is 4.29. The lowest BCUT2D eigenvalue weighted by atomic mass is 10.3. The molecule has 0 amide bonds. The molecule has 2 heterocycles. The average Bonchev–Trinajstić information content (AvgIpc) is 2.73. The van der Waals surface area contributed by atoms with E-state index in [1.54, 1.807) is 25.6 Å². The first-order valence-corrected chi connectivity index (χ1v) is 7.07. The topological polar surface area (TPSA) is 81.2 Å². The average molecular weight is 258 g/mol. The van der Waals surface area contributed by atoms with Crippen molar-refractivity contribution < 1.29 is 8.42 Å². The maximum absolute atomic E-state index is 12.5. The Bertz CT molecular complexity index is 535. The van der Waals surface area contributed by atoms with E-state index >= 15 is 0 Å². The summed E-state index contributed by atoms with van der Waals surface area (Å²) in [4.78, 5) is 0.303. The number of hydrogen-bond donors (Lipinski definition) is 1. The first kappa shape index (κ1) is 12.5. The van der Waals surface area contributed by atoms with Crippen LogP contribution in [0.4, 0.5) is 0 Å². The quantitative estimate of drug-likeness (QED) is 0.816. The monoisotopic (exact) mass is 258 g/mol. The van der Waals surface area contributed by atoms with Gasteiger partial charge in [0.2, 0.25) is 10.0 Å². The molecule has 1 aromatic rings. The van der Waals surface area contributed by atoms with Gasteiger partial charge in [-0.3, -0.25) is 4.68 Å². The predicted octanol–water partition coefficient (Wildman–Crippen LogP) is 0.106. The molecule has 17 heavy (non-hydrogen) atoms. The van der Waals surface area contributed by atoms with Crippen molar-refractivity contribution in [3.8, 4) is 0 Å². The number of hydrogen-bond acceptors (Lipinski definition) is 4. The Kier molecular flexibility index (Phi) is 3.01. The van der Waals surface area contributed by atoms with Crippen LogP contribution in [0.25, 0.3) is 0 Å². The van der Waals surface area contributed by atoms with E-state index in [2.05, 4.69) is 5.10 Å². The maximum Gasteiger partial charge on any atom is 0.248 e. The lowest BCUT2D eigenvalue weighted by Crippen LogP contribution is -2.41. The molecule has 1 aliphatic rings. The van der Waals surface area contributed by atoms with Crippen LogP contribution < -0.4 is 5.73 Å². The number of nitrogens with zero attached hydrogens (tertiary/aromatic N) is 3. The lowest BCUT2D eigenvalue weighted by Gasteiger charge is -2.20. The smallest absolute Gasteiger partial charge is 0.248 e. The van der Waals surface area contributed by atoms with Crippen LogP contribution in [-0.2, 0) is 17.1 Å². The van der Waals surface area contributed by atoms with Crippen molar-refractivity contribution in [1.29, 1.82) is 0 Å². The van der Waals surface area contributed by atoms with Crippen LogP contribution in [0.2, 0.25) is 0 Å². The first-order chi connectivity index (χ1) is 7.85. The van der Waals surface area contributed by atoms with E-state index in [0.29, 0.717) is 22.8 Å². The highest BCUT2D eigenvalue weighted by molar-refractivity contribution is 7.89. The van der Waals surface area contributed by atoms with Gasteiger partial charge in [-0.25, -0.2) is 8.42 Å². The number of aromatic nitrogens is 2. The van der Waals surface area contributed by atoms with Gasteiger partial charge < -0.3 is 5.73 Å². The molecule has 1 aliphatic heterocycles. The largest absolute Gasteiger partial charge is 0.315 e. The van der Waals surface area contributed by atoms with E-state index in [1.165, 1.54) is 4.31 Å². The molecule has 1 aromatic heterocycles. The Hall–Kier alpha value is -0.920. The van der Waals surface area contributed by atoms with E-state index in [-0.39, 0.29) is 0 Å². The van der Waals surface area contributed by atoms with Crippen molar-refractivity contribution in [2.24, 2.45) is 12.8 Å². The van der Waals surface area contributed by atoms with E-state index < -0.39 is 16.2 Å². The van der Waals surface area contributed by atoms with Gasteiger partial charge in [0.05, 0.1) is 17.6 Å². The van der Waals surface area contributed by atoms with Crippen molar-refractivity contribution in [2.45, 2.75) is 37.8 Å². The van der Waals surface area contributed by atoms with Crippen LogP contribution in [-0.4, -0.2) is 35.2 Å². The van der Waals surface area contributed by atoms with Crippen molar-refractivity contribution >= 4 is 10.0 Å². The molecule has 6 nitrogen and oxygen atoms in total. The van der Waals surface area contributed by atoms with Crippen LogP contribution in [0.3, 0.4) is 0 Å². The summed E-state index contributed by atoms with van der Waals surface area (Å²) in [5.41, 5.74) is 7.01. The zero-order chi connectivity index (χ0) is 12.8.